The standard InChI is InChI=1S/C17H22N6O2/c18-8-3-9-23-15(10-13-4-1-2-5-16(13)23)12-22-11-14(19-21-22)6-7-17(24)20-25/h1-2,4-6,10,25H,3,7-9,11-12,18H2,(H,20,24)/b14-6-. The molecule has 132 valence electrons. The largest absolute Gasteiger partial charge is 0.343 e. The van der Waals surface area contributed by atoms with Crippen LogP contribution >= 0.6 is 0 Å². The van der Waals surface area contributed by atoms with Gasteiger partial charge in [-0.2, -0.15) is 0 Å². The fourth-order valence-corrected chi connectivity index (χ4v) is 2.92. The number of nitrogens with two attached hydrogens (primary N) is 1. The Labute approximate surface area is 145 Å². The van der Waals surface area contributed by atoms with Crippen molar-refractivity contribution in [2.45, 2.75) is 25.9 Å². The van der Waals surface area contributed by atoms with Crippen LogP contribution in [0, 0.1) is 0 Å². The number of carbonyl (C=O) groups excluding carboxylic acids is 1. The highest BCUT2D eigenvalue weighted by Gasteiger charge is 2.16. The third-order valence-electron chi connectivity index (χ3n) is 4.12. The van der Waals surface area contributed by atoms with Crippen molar-refractivity contribution in [1.29, 1.82) is 0 Å². The number of hydroxylamine groups is 1. The molecule has 1 aliphatic rings. The Kier molecular flexibility index (Phi) is 5.42. The summed E-state index contributed by atoms with van der Waals surface area (Å²) in [6.45, 7) is 2.68. The summed E-state index contributed by atoms with van der Waals surface area (Å²) in [5.74, 6) is -0.469. The third-order valence-corrected chi connectivity index (χ3v) is 4.12. The molecule has 1 aromatic carbocycles. The first-order chi connectivity index (χ1) is 12.2. The summed E-state index contributed by atoms with van der Waals surface area (Å²) in [5, 5.41) is 19.8. The molecule has 0 atom stereocenters. The van der Waals surface area contributed by atoms with Gasteiger partial charge in [-0.25, -0.2) is 5.48 Å². The molecule has 0 saturated heterocycles. The Bertz CT molecular complexity index is 811. The number of hydrogen-bond acceptors (Lipinski definition) is 6. The summed E-state index contributed by atoms with van der Waals surface area (Å²) >= 11 is 0. The molecule has 2 heterocycles. The molecule has 0 radical (unpaired) electrons. The number of nitrogens with zero attached hydrogens (tertiary/aromatic N) is 4. The summed E-state index contributed by atoms with van der Waals surface area (Å²) in [4.78, 5) is 11.1. The van der Waals surface area contributed by atoms with Gasteiger partial charge in [-0.05, 0) is 36.6 Å². The van der Waals surface area contributed by atoms with Crippen molar-refractivity contribution < 1.29 is 10.0 Å². The van der Waals surface area contributed by atoms with E-state index in [0.717, 1.165) is 18.7 Å². The molecule has 0 aliphatic carbocycles. The first kappa shape index (κ1) is 17.1. The first-order valence-electron chi connectivity index (χ1n) is 8.27. The van der Waals surface area contributed by atoms with Crippen LogP contribution in [0.2, 0.25) is 0 Å². The van der Waals surface area contributed by atoms with Crippen molar-refractivity contribution in [3.63, 3.8) is 0 Å². The molecule has 2 aromatic rings. The molecule has 1 aromatic heterocycles. The van der Waals surface area contributed by atoms with Gasteiger partial charge in [0, 0.05) is 24.2 Å². The zero-order valence-electron chi connectivity index (χ0n) is 13.9. The van der Waals surface area contributed by atoms with Gasteiger partial charge in [0.15, 0.2) is 0 Å². The van der Waals surface area contributed by atoms with Gasteiger partial charge < -0.3 is 10.3 Å². The summed E-state index contributed by atoms with van der Waals surface area (Å²) in [6.07, 6.45) is 2.66. The lowest BCUT2D eigenvalue weighted by Crippen LogP contribution is -2.19. The number of fused-ring (bicyclic) bond motifs is 1. The van der Waals surface area contributed by atoms with E-state index in [0.29, 0.717) is 25.3 Å². The number of aromatic nitrogens is 1. The molecule has 4 N–H and O–H groups in total. The highest BCUT2D eigenvalue weighted by atomic mass is 16.5. The van der Waals surface area contributed by atoms with E-state index in [4.69, 9.17) is 10.9 Å². The highest BCUT2D eigenvalue weighted by Crippen LogP contribution is 2.23. The summed E-state index contributed by atoms with van der Waals surface area (Å²) in [6, 6.07) is 10.4. The van der Waals surface area contributed by atoms with E-state index in [2.05, 4.69) is 33.1 Å². The second kappa shape index (κ2) is 7.91. The number of carbonyl (C=O) groups is 1. The lowest BCUT2D eigenvalue weighted by atomic mass is 10.2. The van der Waals surface area contributed by atoms with Crippen LogP contribution in [0.3, 0.4) is 0 Å². The summed E-state index contributed by atoms with van der Waals surface area (Å²) in [7, 11) is 0. The molecular formula is C17H22N6O2. The van der Waals surface area contributed by atoms with E-state index in [9.17, 15) is 4.79 Å². The molecule has 0 saturated carbocycles. The lowest BCUT2D eigenvalue weighted by molar-refractivity contribution is -0.128. The molecule has 0 bridgehead atoms. The molecule has 0 spiro atoms. The van der Waals surface area contributed by atoms with Gasteiger partial charge in [0.2, 0.25) is 5.91 Å². The maximum Gasteiger partial charge on any atom is 0.247 e. The molecule has 0 unspecified atom stereocenters. The number of rotatable bonds is 7. The van der Waals surface area contributed by atoms with Gasteiger partial charge >= 0.3 is 0 Å². The van der Waals surface area contributed by atoms with Crippen LogP contribution in [-0.2, 0) is 17.9 Å². The number of aryl methyl sites for hydroxylation is 1. The molecule has 25 heavy (non-hydrogen) atoms. The van der Waals surface area contributed by atoms with Crippen LogP contribution in [0.5, 0.6) is 0 Å². The minimum absolute atomic E-state index is 0.0788. The van der Waals surface area contributed by atoms with Crippen molar-refractivity contribution in [2.24, 2.45) is 16.1 Å². The van der Waals surface area contributed by atoms with Crippen molar-refractivity contribution >= 4 is 16.8 Å². The molecule has 3 rings (SSSR count). The van der Waals surface area contributed by atoms with E-state index < -0.39 is 5.91 Å². The zero-order chi connectivity index (χ0) is 17.6. The van der Waals surface area contributed by atoms with E-state index in [1.807, 2.05) is 17.1 Å². The van der Waals surface area contributed by atoms with Gasteiger partial charge in [0.25, 0.3) is 0 Å². The predicted octanol–water partition coefficient (Wildman–Crippen LogP) is 1.95. The van der Waals surface area contributed by atoms with Crippen LogP contribution in [0.1, 0.15) is 18.5 Å². The molecule has 8 nitrogen and oxygen atoms in total. The SMILES string of the molecule is NCCCn1c(CN2C/C(=C/CC(=O)NO)N=N2)cc2ccccc21. The Morgan fingerprint density at radius 3 is 3.04 bits per heavy atom. The third kappa shape index (κ3) is 4.04. The van der Waals surface area contributed by atoms with Gasteiger partial charge in [-0.3, -0.25) is 15.0 Å². The maximum absolute atomic E-state index is 11.1. The van der Waals surface area contributed by atoms with Crippen molar-refractivity contribution in [3.8, 4) is 0 Å². The van der Waals surface area contributed by atoms with Gasteiger partial charge in [0.1, 0.15) is 0 Å². The molecule has 0 fully saturated rings. The number of nitrogens with one attached hydrogen (secondary N) is 1. The molecule has 8 heteroatoms. The van der Waals surface area contributed by atoms with Crippen LogP contribution in [-0.4, -0.2) is 33.8 Å². The Hall–Kier alpha value is -2.71. The van der Waals surface area contributed by atoms with E-state index in [1.54, 1.807) is 11.6 Å². The van der Waals surface area contributed by atoms with Crippen LogP contribution in [0.15, 0.2) is 52.4 Å². The average Bonchev–Trinajstić information content (AvgIpc) is 3.22. The van der Waals surface area contributed by atoms with Gasteiger partial charge in [0.05, 0.1) is 18.8 Å². The first-order valence-corrected chi connectivity index (χ1v) is 8.27. The number of benzene rings is 1. The molecule has 1 amide bonds. The predicted molar refractivity (Wildman–Crippen MR) is 93.5 cm³/mol. The van der Waals surface area contributed by atoms with Crippen LogP contribution in [0.4, 0.5) is 0 Å². The number of amides is 1. The second-order valence-electron chi connectivity index (χ2n) is 5.94. The van der Waals surface area contributed by atoms with Gasteiger partial charge in [-0.1, -0.05) is 23.4 Å². The Morgan fingerprint density at radius 1 is 1.40 bits per heavy atom. The summed E-state index contributed by atoms with van der Waals surface area (Å²) in [5.41, 5.74) is 10.3. The fraction of sp³-hybridized carbons (Fsp3) is 0.353. The molecule has 1 aliphatic heterocycles. The highest BCUT2D eigenvalue weighted by molar-refractivity contribution is 5.81. The van der Waals surface area contributed by atoms with Crippen LogP contribution in [0.25, 0.3) is 10.9 Å². The normalized spacial score (nSPS) is 15.4. The Balaban J connectivity index is 1.73. The topological polar surface area (TPSA) is 108 Å². The minimum atomic E-state index is -0.469. The molecular weight excluding hydrogens is 320 g/mol. The maximum atomic E-state index is 11.1. The number of hydrogen-bond donors (Lipinski definition) is 3. The van der Waals surface area contributed by atoms with Crippen molar-refractivity contribution in [1.82, 2.24) is 15.1 Å². The quantitative estimate of drug-likeness (QED) is 0.528. The van der Waals surface area contributed by atoms with Crippen molar-refractivity contribution in [2.75, 3.05) is 13.1 Å². The minimum Gasteiger partial charge on any atom is -0.343 e. The van der Waals surface area contributed by atoms with Crippen LogP contribution < -0.4 is 11.2 Å². The average molecular weight is 342 g/mol. The number of para-hydroxylation sites is 1. The lowest BCUT2D eigenvalue weighted by Gasteiger charge is -2.15. The van der Waals surface area contributed by atoms with E-state index >= 15 is 0 Å². The monoisotopic (exact) mass is 342 g/mol. The van der Waals surface area contributed by atoms with E-state index in [1.165, 1.54) is 10.9 Å². The smallest absolute Gasteiger partial charge is 0.247 e. The Morgan fingerprint density at radius 2 is 2.24 bits per heavy atom. The fourth-order valence-electron chi connectivity index (χ4n) is 2.92. The van der Waals surface area contributed by atoms with E-state index in [-0.39, 0.29) is 6.42 Å². The summed E-state index contributed by atoms with van der Waals surface area (Å²) < 4.78 is 2.28. The van der Waals surface area contributed by atoms with Crippen molar-refractivity contribution in [3.05, 3.63) is 47.8 Å². The van der Waals surface area contributed by atoms with Gasteiger partial charge in [-0.15, -0.1) is 5.11 Å². The zero-order valence-corrected chi connectivity index (χ0v) is 13.9. The second-order valence-corrected chi connectivity index (χ2v) is 5.94.